The molecule has 1 fully saturated rings. The number of hydrogen-bond donors (Lipinski definition) is 1. The van der Waals surface area contributed by atoms with Crippen molar-refractivity contribution >= 4 is 17.6 Å². The van der Waals surface area contributed by atoms with E-state index < -0.39 is 5.97 Å². The van der Waals surface area contributed by atoms with Crippen LogP contribution in [0.4, 0.5) is 0 Å². The second-order valence-corrected chi connectivity index (χ2v) is 7.36. The summed E-state index contributed by atoms with van der Waals surface area (Å²) in [4.78, 5) is 13.2. The third kappa shape index (κ3) is 3.98. The molecule has 1 N–H and O–H groups in total. The number of benzene rings is 1. The van der Waals surface area contributed by atoms with Gasteiger partial charge >= 0.3 is 5.97 Å². The highest BCUT2D eigenvalue weighted by Crippen LogP contribution is 2.29. The van der Waals surface area contributed by atoms with E-state index in [0.29, 0.717) is 6.54 Å². The van der Waals surface area contributed by atoms with Crippen molar-refractivity contribution < 1.29 is 9.90 Å². The predicted molar refractivity (Wildman–Crippen MR) is 86.0 cm³/mol. The van der Waals surface area contributed by atoms with Crippen molar-refractivity contribution in [3.05, 3.63) is 35.4 Å². The van der Waals surface area contributed by atoms with Gasteiger partial charge in [-0.15, -0.1) is 11.6 Å². The molecule has 0 amide bonds. The molecule has 0 spiro atoms. The fourth-order valence-corrected chi connectivity index (χ4v) is 3.15. The topological polar surface area (TPSA) is 40.5 Å². The van der Waals surface area contributed by atoms with Crippen LogP contribution in [0.15, 0.2) is 24.3 Å². The maximum atomic E-state index is 11.2. The van der Waals surface area contributed by atoms with Crippen LogP contribution >= 0.6 is 11.6 Å². The van der Waals surface area contributed by atoms with Gasteiger partial charge in [0.25, 0.3) is 0 Å². The molecule has 2 atom stereocenters. The summed E-state index contributed by atoms with van der Waals surface area (Å²) in [5, 5.41) is 9.04. The number of nitrogens with zero attached hydrogens (tertiary/aromatic N) is 1. The summed E-state index contributed by atoms with van der Waals surface area (Å²) in [5.74, 6) is -0.737. The molecule has 0 saturated carbocycles. The largest absolute Gasteiger partial charge is 0.480 e. The Balaban J connectivity index is 2.03. The van der Waals surface area contributed by atoms with Crippen molar-refractivity contribution in [2.75, 3.05) is 13.1 Å². The average molecular weight is 310 g/mol. The zero-order valence-electron chi connectivity index (χ0n) is 13.0. The first-order valence-electron chi connectivity index (χ1n) is 7.50. The van der Waals surface area contributed by atoms with Crippen molar-refractivity contribution in [3.63, 3.8) is 0 Å². The van der Waals surface area contributed by atoms with Gasteiger partial charge in [0, 0.05) is 6.54 Å². The van der Waals surface area contributed by atoms with Gasteiger partial charge in [-0.25, -0.2) is 0 Å². The number of hydrogen-bond acceptors (Lipinski definition) is 2. The molecule has 2 rings (SSSR count). The van der Waals surface area contributed by atoms with Gasteiger partial charge in [-0.2, -0.15) is 0 Å². The van der Waals surface area contributed by atoms with Crippen LogP contribution in [-0.4, -0.2) is 35.1 Å². The summed E-state index contributed by atoms with van der Waals surface area (Å²) in [7, 11) is 0. The molecule has 1 aromatic rings. The normalized spacial score (nSPS) is 21.4. The van der Waals surface area contributed by atoms with E-state index in [1.165, 1.54) is 5.56 Å². The van der Waals surface area contributed by atoms with Gasteiger partial charge in [0.2, 0.25) is 0 Å². The summed E-state index contributed by atoms with van der Waals surface area (Å²) in [5.41, 5.74) is 2.46. The molecule has 1 aliphatic rings. The molecule has 0 aliphatic carbocycles. The lowest BCUT2D eigenvalue weighted by molar-refractivity contribution is -0.142. The van der Waals surface area contributed by atoms with E-state index in [2.05, 4.69) is 45.0 Å². The molecule has 4 heteroatoms. The van der Waals surface area contributed by atoms with Crippen molar-refractivity contribution in [1.29, 1.82) is 0 Å². The van der Waals surface area contributed by atoms with Crippen LogP contribution in [0.3, 0.4) is 0 Å². The number of alkyl halides is 1. The van der Waals surface area contributed by atoms with Crippen LogP contribution in [0.2, 0.25) is 0 Å². The quantitative estimate of drug-likeness (QED) is 0.860. The predicted octanol–water partition coefficient (Wildman–Crippen LogP) is 3.81. The SMILES string of the molecule is CC(C)(C)c1ccc(C(Cl)CN2CCCC2C(=O)O)cc1. The number of rotatable bonds is 4. The van der Waals surface area contributed by atoms with E-state index in [1.54, 1.807) is 0 Å². The van der Waals surface area contributed by atoms with Gasteiger partial charge in [-0.3, -0.25) is 9.69 Å². The monoisotopic (exact) mass is 309 g/mol. The first-order chi connectivity index (χ1) is 9.79. The van der Waals surface area contributed by atoms with Crippen molar-refractivity contribution in [2.24, 2.45) is 0 Å². The Bertz CT molecular complexity index is 493. The van der Waals surface area contributed by atoms with Gasteiger partial charge in [-0.05, 0) is 35.9 Å². The third-order valence-electron chi connectivity index (χ3n) is 4.18. The Morgan fingerprint density at radius 3 is 2.52 bits per heavy atom. The van der Waals surface area contributed by atoms with Crippen LogP contribution in [0.5, 0.6) is 0 Å². The van der Waals surface area contributed by atoms with Crippen LogP contribution < -0.4 is 0 Å². The lowest BCUT2D eigenvalue weighted by Gasteiger charge is -2.24. The van der Waals surface area contributed by atoms with E-state index in [4.69, 9.17) is 11.6 Å². The fraction of sp³-hybridized carbons (Fsp3) is 0.588. The number of carbonyl (C=O) groups is 1. The van der Waals surface area contributed by atoms with E-state index in [0.717, 1.165) is 24.9 Å². The van der Waals surface area contributed by atoms with Gasteiger partial charge in [0.15, 0.2) is 0 Å². The molecule has 3 nitrogen and oxygen atoms in total. The van der Waals surface area contributed by atoms with Crippen molar-refractivity contribution in [1.82, 2.24) is 4.90 Å². The minimum absolute atomic E-state index is 0.129. The van der Waals surface area contributed by atoms with Crippen LogP contribution in [0.1, 0.15) is 50.1 Å². The van der Waals surface area contributed by atoms with E-state index >= 15 is 0 Å². The van der Waals surface area contributed by atoms with Crippen LogP contribution in [0.25, 0.3) is 0 Å². The van der Waals surface area contributed by atoms with E-state index in [9.17, 15) is 9.90 Å². The van der Waals surface area contributed by atoms with Gasteiger partial charge in [-0.1, -0.05) is 45.0 Å². The summed E-state index contributed by atoms with van der Waals surface area (Å²) in [6.07, 6.45) is 1.66. The summed E-state index contributed by atoms with van der Waals surface area (Å²) in [6, 6.07) is 7.97. The first kappa shape index (κ1) is 16.3. The summed E-state index contributed by atoms with van der Waals surface area (Å²) < 4.78 is 0. The number of carboxylic acid groups (broad SMARTS) is 1. The summed E-state index contributed by atoms with van der Waals surface area (Å²) >= 11 is 6.49. The molecule has 1 aromatic carbocycles. The minimum atomic E-state index is -0.737. The Morgan fingerprint density at radius 1 is 1.38 bits per heavy atom. The molecular weight excluding hydrogens is 286 g/mol. The molecule has 0 aromatic heterocycles. The zero-order valence-corrected chi connectivity index (χ0v) is 13.7. The molecular formula is C17H24ClNO2. The highest BCUT2D eigenvalue weighted by atomic mass is 35.5. The van der Waals surface area contributed by atoms with Crippen LogP contribution in [-0.2, 0) is 10.2 Å². The van der Waals surface area contributed by atoms with Crippen molar-refractivity contribution in [3.8, 4) is 0 Å². The zero-order chi connectivity index (χ0) is 15.6. The lowest BCUT2D eigenvalue weighted by atomic mass is 9.86. The van der Waals surface area contributed by atoms with Gasteiger partial charge in [0.05, 0.1) is 5.38 Å². The second-order valence-electron chi connectivity index (χ2n) is 6.83. The van der Waals surface area contributed by atoms with Gasteiger partial charge < -0.3 is 5.11 Å². The minimum Gasteiger partial charge on any atom is -0.480 e. The molecule has 116 valence electrons. The maximum absolute atomic E-state index is 11.2. The Morgan fingerprint density at radius 2 is 2.00 bits per heavy atom. The fourth-order valence-electron chi connectivity index (χ4n) is 2.83. The van der Waals surface area contributed by atoms with Gasteiger partial charge in [0.1, 0.15) is 6.04 Å². The Hall–Kier alpha value is -1.06. The smallest absolute Gasteiger partial charge is 0.320 e. The highest BCUT2D eigenvalue weighted by Gasteiger charge is 2.31. The third-order valence-corrected chi connectivity index (χ3v) is 4.57. The van der Waals surface area contributed by atoms with E-state index in [-0.39, 0.29) is 16.8 Å². The number of likely N-dealkylation sites (tertiary alicyclic amines) is 1. The molecule has 0 radical (unpaired) electrons. The molecule has 2 unspecified atom stereocenters. The Labute approximate surface area is 131 Å². The number of halogens is 1. The molecule has 0 bridgehead atoms. The highest BCUT2D eigenvalue weighted by molar-refractivity contribution is 6.21. The number of carboxylic acids is 1. The first-order valence-corrected chi connectivity index (χ1v) is 7.94. The average Bonchev–Trinajstić information content (AvgIpc) is 2.86. The molecule has 1 aliphatic heterocycles. The Kier molecular flexibility index (Phi) is 4.95. The lowest BCUT2D eigenvalue weighted by Crippen LogP contribution is -2.37. The maximum Gasteiger partial charge on any atom is 0.320 e. The van der Waals surface area contributed by atoms with Crippen LogP contribution in [0, 0.1) is 0 Å². The van der Waals surface area contributed by atoms with Crippen molar-refractivity contribution in [2.45, 2.75) is 50.4 Å². The molecule has 21 heavy (non-hydrogen) atoms. The summed E-state index contributed by atoms with van der Waals surface area (Å²) in [6.45, 7) is 7.96. The second kappa shape index (κ2) is 6.37. The standard InChI is InChI=1S/C17H24ClNO2/c1-17(2,3)13-8-6-12(7-9-13)14(18)11-19-10-4-5-15(19)16(20)21/h6-9,14-15H,4-5,10-11H2,1-3H3,(H,20,21). The molecule has 1 saturated heterocycles. The van der Waals surface area contributed by atoms with E-state index in [1.807, 2.05) is 4.90 Å². The number of aliphatic carboxylic acids is 1. The molecule has 1 heterocycles.